The van der Waals surface area contributed by atoms with Crippen LogP contribution in [0.1, 0.15) is 50.9 Å². The third kappa shape index (κ3) is 3.20. The van der Waals surface area contributed by atoms with E-state index in [1.807, 2.05) is 18.2 Å². The molecule has 1 aromatic carbocycles. The quantitative estimate of drug-likeness (QED) is 0.557. The lowest BCUT2D eigenvalue weighted by atomic mass is 9.80. The zero-order valence-corrected chi connectivity index (χ0v) is 19.1. The third-order valence-electron chi connectivity index (χ3n) is 6.98. The van der Waals surface area contributed by atoms with Gasteiger partial charge in [0.2, 0.25) is 0 Å². The first-order chi connectivity index (χ1) is 12.9. The molecular formula is C22H33NO4Si. The van der Waals surface area contributed by atoms with Crippen LogP contribution in [0.4, 0.5) is 0 Å². The molecule has 2 saturated heterocycles. The molecule has 1 amide bonds. The third-order valence-corrected chi connectivity index (χ3v) is 11.5. The zero-order chi connectivity index (χ0) is 20.9. The second-order valence-corrected chi connectivity index (χ2v) is 14.6. The fourth-order valence-electron chi connectivity index (χ4n) is 4.63. The summed E-state index contributed by atoms with van der Waals surface area (Å²) >= 11 is 0. The predicted octanol–water partition coefficient (Wildman–Crippen LogP) is 4.24. The number of methoxy groups -OCH3 is 1. The van der Waals surface area contributed by atoms with Gasteiger partial charge in [0.1, 0.15) is 5.54 Å². The van der Waals surface area contributed by atoms with Gasteiger partial charge in [0.25, 0.3) is 5.91 Å². The molecular weight excluding hydrogens is 370 g/mol. The molecule has 2 heterocycles. The van der Waals surface area contributed by atoms with E-state index in [2.05, 4.69) is 40.8 Å². The molecule has 0 radical (unpaired) electrons. The van der Waals surface area contributed by atoms with Gasteiger partial charge in [-0.1, -0.05) is 45.9 Å². The molecule has 0 saturated carbocycles. The Morgan fingerprint density at radius 1 is 1.14 bits per heavy atom. The highest BCUT2D eigenvalue weighted by molar-refractivity contribution is 6.74. The Kier molecular flexibility index (Phi) is 5.26. The SMILES string of the molecule is COC(=O)[C@]12C[C@@H](C)[C@H]([C@H](O[Si](C)(C)C(C)(C)C)C1)N2C(=O)c1ccccc1. The molecule has 0 unspecified atom stereocenters. The highest BCUT2D eigenvalue weighted by atomic mass is 28.4. The van der Waals surface area contributed by atoms with Gasteiger partial charge >= 0.3 is 5.97 Å². The van der Waals surface area contributed by atoms with E-state index in [-0.39, 0.29) is 35.0 Å². The largest absolute Gasteiger partial charge is 0.467 e. The number of benzene rings is 1. The first-order valence-electron chi connectivity index (χ1n) is 10.1. The minimum atomic E-state index is -2.05. The van der Waals surface area contributed by atoms with Crippen molar-refractivity contribution in [3.8, 4) is 0 Å². The molecule has 5 nitrogen and oxygen atoms in total. The van der Waals surface area contributed by atoms with Crippen LogP contribution in [0, 0.1) is 5.92 Å². The molecule has 0 aliphatic carbocycles. The van der Waals surface area contributed by atoms with E-state index in [0.717, 1.165) is 0 Å². The lowest BCUT2D eigenvalue weighted by Gasteiger charge is -2.41. The van der Waals surface area contributed by atoms with E-state index < -0.39 is 13.9 Å². The number of hydrogen-bond donors (Lipinski definition) is 0. The number of carbonyl (C=O) groups is 2. The molecule has 2 aliphatic heterocycles. The minimum Gasteiger partial charge on any atom is -0.467 e. The number of rotatable bonds is 4. The minimum absolute atomic E-state index is 0.0603. The summed E-state index contributed by atoms with van der Waals surface area (Å²) in [5.41, 5.74) is -0.332. The predicted molar refractivity (Wildman–Crippen MR) is 112 cm³/mol. The number of ether oxygens (including phenoxy) is 1. The molecule has 0 spiro atoms. The topological polar surface area (TPSA) is 55.8 Å². The maximum Gasteiger partial charge on any atom is 0.331 e. The number of nitrogens with zero attached hydrogens (tertiary/aromatic N) is 1. The summed E-state index contributed by atoms with van der Waals surface area (Å²) in [6.45, 7) is 13.2. The van der Waals surface area contributed by atoms with Gasteiger partial charge < -0.3 is 14.1 Å². The van der Waals surface area contributed by atoms with Gasteiger partial charge in [-0.25, -0.2) is 4.79 Å². The van der Waals surface area contributed by atoms with Crippen molar-refractivity contribution in [3.05, 3.63) is 35.9 Å². The fraction of sp³-hybridized carbons (Fsp3) is 0.636. The summed E-state index contributed by atoms with van der Waals surface area (Å²) in [7, 11) is -0.644. The van der Waals surface area contributed by atoms with Crippen LogP contribution in [-0.4, -0.2) is 49.9 Å². The van der Waals surface area contributed by atoms with E-state index in [1.165, 1.54) is 7.11 Å². The molecule has 2 bridgehead atoms. The second-order valence-electron chi connectivity index (χ2n) is 9.86. The number of amides is 1. The van der Waals surface area contributed by atoms with Crippen LogP contribution in [-0.2, 0) is 14.0 Å². The standard InChI is InChI=1S/C22H33NO4Si/c1-15-13-22(20(25)26-5)14-17(27-28(6,7)21(2,3)4)18(15)23(22)19(24)16-11-9-8-10-12-16/h8-12,15,17-18H,13-14H2,1-7H3/t15-,17-,18-,22+/m1/s1. The van der Waals surface area contributed by atoms with Crippen LogP contribution in [0.15, 0.2) is 30.3 Å². The Morgan fingerprint density at radius 3 is 2.29 bits per heavy atom. The number of hydrogen-bond acceptors (Lipinski definition) is 4. The lowest BCUT2D eigenvalue weighted by molar-refractivity contribution is -0.151. The van der Waals surface area contributed by atoms with Crippen LogP contribution in [0.2, 0.25) is 18.1 Å². The van der Waals surface area contributed by atoms with Gasteiger partial charge in [-0.15, -0.1) is 0 Å². The molecule has 154 valence electrons. The smallest absolute Gasteiger partial charge is 0.331 e. The van der Waals surface area contributed by atoms with Crippen molar-refractivity contribution >= 4 is 20.2 Å². The van der Waals surface area contributed by atoms with Gasteiger partial charge in [-0.05, 0) is 42.6 Å². The summed E-state index contributed by atoms with van der Waals surface area (Å²) in [6, 6.07) is 9.09. The van der Waals surface area contributed by atoms with Gasteiger partial charge in [0, 0.05) is 12.0 Å². The van der Waals surface area contributed by atoms with Crippen molar-refractivity contribution in [2.75, 3.05) is 7.11 Å². The van der Waals surface area contributed by atoms with Gasteiger partial charge in [-0.3, -0.25) is 4.79 Å². The van der Waals surface area contributed by atoms with Crippen molar-refractivity contribution in [2.45, 2.75) is 76.4 Å². The lowest BCUT2D eigenvalue weighted by Crippen LogP contribution is -2.51. The molecule has 2 aliphatic rings. The molecule has 1 aromatic rings. The van der Waals surface area contributed by atoms with Crippen LogP contribution < -0.4 is 0 Å². The Morgan fingerprint density at radius 2 is 1.75 bits per heavy atom. The molecule has 3 rings (SSSR count). The van der Waals surface area contributed by atoms with Crippen LogP contribution in [0.3, 0.4) is 0 Å². The van der Waals surface area contributed by atoms with E-state index in [0.29, 0.717) is 18.4 Å². The van der Waals surface area contributed by atoms with Gasteiger partial charge in [0.15, 0.2) is 8.32 Å². The highest BCUT2D eigenvalue weighted by Gasteiger charge is 2.67. The van der Waals surface area contributed by atoms with E-state index in [9.17, 15) is 9.59 Å². The van der Waals surface area contributed by atoms with Crippen LogP contribution in [0.5, 0.6) is 0 Å². The number of carbonyl (C=O) groups excluding carboxylic acids is 2. The summed E-state index contributed by atoms with van der Waals surface area (Å²) in [5.74, 6) is -0.260. The Hall–Kier alpha value is -1.66. The fourth-order valence-corrected chi connectivity index (χ4v) is 5.96. The highest BCUT2D eigenvalue weighted by Crippen LogP contribution is 2.53. The molecule has 0 aromatic heterocycles. The summed E-state index contributed by atoms with van der Waals surface area (Å²) in [5, 5.41) is 0.0603. The molecule has 2 fully saturated rings. The summed E-state index contributed by atoms with van der Waals surface area (Å²) in [4.78, 5) is 28.2. The molecule has 0 N–H and O–H groups in total. The second kappa shape index (κ2) is 6.99. The number of fused-ring (bicyclic) bond motifs is 2. The van der Waals surface area contributed by atoms with E-state index in [1.54, 1.807) is 17.0 Å². The molecule has 6 heteroatoms. The number of esters is 1. The average molecular weight is 404 g/mol. The van der Waals surface area contributed by atoms with Gasteiger partial charge in [0.05, 0.1) is 19.3 Å². The van der Waals surface area contributed by atoms with Gasteiger partial charge in [-0.2, -0.15) is 0 Å². The van der Waals surface area contributed by atoms with Crippen molar-refractivity contribution < 1.29 is 18.8 Å². The Balaban J connectivity index is 2.01. The molecule has 28 heavy (non-hydrogen) atoms. The average Bonchev–Trinajstić information content (AvgIpc) is 3.09. The van der Waals surface area contributed by atoms with Crippen molar-refractivity contribution in [3.63, 3.8) is 0 Å². The van der Waals surface area contributed by atoms with Crippen molar-refractivity contribution in [1.29, 1.82) is 0 Å². The van der Waals surface area contributed by atoms with Crippen molar-refractivity contribution in [1.82, 2.24) is 4.90 Å². The summed E-state index contributed by atoms with van der Waals surface area (Å²) < 4.78 is 11.9. The first kappa shape index (κ1) is 21.1. The normalized spacial score (nSPS) is 29.8. The molecule has 4 atom stereocenters. The van der Waals surface area contributed by atoms with E-state index >= 15 is 0 Å². The van der Waals surface area contributed by atoms with E-state index in [4.69, 9.17) is 9.16 Å². The van der Waals surface area contributed by atoms with Crippen LogP contribution in [0.25, 0.3) is 0 Å². The Bertz CT molecular complexity index is 758. The first-order valence-corrected chi connectivity index (χ1v) is 13.0. The van der Waals surface area contributed by atoms with Crippen LogP contribution >= 0.6 is 0 Å². The monoisotopic (exact) mass is 403 g/mol. The summed E-state index contributed by atoms with van der Waals surface area (Å²) in [6.07, 6.45) is 0.997. The zero-order valence-electron chi connectivity index (χ0n) is 18.1. The maximum absolute atomic E-state index is 13.5. The Labute approximate surface area is 169 Å². The van der Waals surface area contributed by atoms with Crippen molar-refractivity contribution in [2.24, 2.45) is 5.92 Å². The maximum atomic E-state index is 13.5.